The van der Waals surface area contributed by atoms with Gasteiger partial charge in [-0.1, -0.05) is 6.07 Å². The van der Waals surface area contributed by atoms with E-state index in [1.165, 1.54) is 12.8 Å². The summed E-state index contributed by atoms with van der Waals surface area (Å²) >= 11 is 0. The van der Waals surface area contributed by atoms with Crippen LogP contribution in [-0.4, -0.2) is 32.1 Å². The summed E-state index contributed by atoms with van der Waals surface area (Å²) in [7, 11) is 4.01. The average molecular weight is 287 g/mol. The quantitative estimate of drug-likeness (QED) is 0.894. The zero-order valence-corrected chi connectivity index (χ0v) is 12.9. The van der Waals surface area contributed by atoms with E-state index in [4.69, 9.17) is 0 Å². The molecular formula is C17H25N3O. The van der Waals surface area contributed by atoms with Gasteiger partial charge in [0.15, 0.2) is 0 Å². The molecule has 2 fully saturated rings. The predicted molar refractivity (Wildman–Crippen MR) is 86.7 cm³/mol. The molecule has 2 atom stereocenters. The highest BCUT2D eigenvalue weighted by atomic mass is 16.1. The summed E-state index contributed by atoms with van der Waals surface area (Å²) in [5, 5.41) is 6.67. The summed E-state index contributed by atoms with van der Waals surface area (Å²) < 4.78 is 0. The second kappa shape index (κ2) is 6.06. The van der Waals surface area contributed by atoms with Crippen molar-refractivity contribution in [2.45, 2.75) is 44.2 Å². The van der Waals surface area contributed by atoms with Crippen molar-refractivity contribution in [2.24, 2.45) is 5.92 Å². The summed E-state index contributed by atoms with van der Waals surface area (Å²) in [6.07, 6.45) is 5.53. The van der Waals surface area contributed by atoms with Gasteiger partial charge in [-0.05, 0) is 49.8 Å². The van der Waals surface area contributed by atoms with E-state index in [0.29, 0.717) is 24.4 Å². The number of nitrogens with one attached hydrogen (secondary N) is 2. The monoisotopic (exact) mass is 287 g/mol. The van der Waals surface area contributed by atoms with Gasteiger partial charge in [0.2, 0.25) is 5.91 Å². The van der Waals surface area contributed by atoms with Crippen molar-refractivity contribution in [3.05, 3.63) is 24.3 Å². The fourth-order valence-electron chi connectivity index (χ4n) is 3.68. The number of anilines is 2. The fraction of sp³-hybridized carbons (Fsp3) is 0.588. The Kier molecular flexibility index (Phi) is 4.15. The molecule has 1 aromatic rings. The molecule has 21 heavy (non-hydrogen) atoms. The number of piperidine rings is 1. The molecule has 4 heteroatoms. The first-order chi connectivity index (χ1) is 10.1. The SMILES string of the molecule is CN(C)c1cccc(NC(=O)CC2CC3CCC(C2)N3)c1. The van der Waals surface area contributed by atoms with E-state index in [9.17, 15) is 4.79 Å². The van der Waals surface area contributed by atoms with Crippen LogP contribution in [0.3, 0.4) is 0 Å². The first-order valence-electron chi connectivity index (χ1n) is 7.93. The Morgan fingerprint density at radius 2 is 2.00 bits per heavy atom. The van der Waals surface area contributed by atoms with Gasteiger partial charge in [-0.25, -0.2) is 0 Å². The van der Waals surface area contributed by atoms with Crippen LogP contribution in [0.4, 0.5) is 11.4 Å². The Morgan fingerprint density at radius 1 is 1.29 bits per heavy atom. The van der Waals surface area contributed by atoms with E-state index in [-0.39, 0.29) is 5.91 Å². The minimum Gasteiger partial charge on any atom is -0.378 e. The third-order valence-corrected chi connectivity index (χ3v) is 4.69. The Morgan fingerprint density at radius 3 is 2.67 bits per heavy atom. The van der Waals surface area contributed by atoms with Crippen LogP contribution in [0, 0.1) is 5.92 Å². The van der Waals surface area contributed by atoms with Gasteiger partial charge in [-0.15, -0.1) is 0 Å². The molecule has 2 N–H and O–H groups in total. The minimum absolute atomic E-state index is 0.150. The molecule has 2 heterocycles. The number of hydrogen-bond donors (Lipinski definition) is 2. The van der Waals surface area contributed by atoms with Gasteiger partial charge in [-0.2, -0.15) is 0 Å². The largest absolute Gasteiger partial charge is 0.378 e. The Hall–Kier alpha value is -1.55. The Labute approximate surface area is 126 Å². The maximum atomic E-state index is 12.3. The van der Waals surface area contributed by atoms with E-state index in [0.717, 1.165) is 24.2 Å². The maximum Gasteiger partial charge on any atom is 0.224 e. The van der Waals surface area contributed by atoms with Crippen LogP contribution in [0.2, 0.25) is 0 Å². The third-order valence-electron chi connectivity index (χ3n) is 4.69. The lowest BCUT2D eigenvalue weighted by Crippen LogP contribution is -2.39. The number of carbonyl (C=O) groups excluding carboxylic acids is 1. The molecule has 1 amide bonds. The molecule has 2 aliphatic heterocycles. The number of nitrogens with zero attached hydrogens (tertiary/aromatic N) is 1. The molecule has 114 valence electrons. The Bertz CT molecular complexity index is 503. The van der Waals surface area contributed by atoms with Crippen LogP contribution in [0.25, 0.3) is 0 Å². The number of hydrogen-bond acceptors (Lipinski definition) is 3. The van der Waals surface area contributed by atoms with Crippen LogP contribution >= 0.6 is 0 Å². The zero-order valence-electron chi connectivity index (χ0n) is 12.9. The van der Waals surface area contributed by atoms with Gasteiger partial charge < -0.3 is 15.5 Å². The highest BCUT2D eigenvalue weighted by Gasteiger charge is 2.34. The van der Waals surface area contributed by atoms with Crippen LogP contribution in [0.5, 0.6) is 0 Å². The maximum absolute atomic E-state index is 12.3. The second-order valence-electron chi connectivity index (χ2n) is 6.67. The van der Waals surface area contributed by atoms with Crippen LogP contribution in [0.15, 0.2) is 24.3 Å². The van der Waals surface area contributed by atoms with E-state index in [1.54, 1.807) is 0 Å². The van der Waals surface area contributed by atoms with E-state index < -0.39 is 0 Å². The van der Waals surface area contributed by atoms with Crippen molar-refractivity contribution >= 4 is 17.3 Å². The topological polar surface area (TPSA) is 44.4 Å². The average Bonchev–Trinajstić information content (AvgIpc) is 2.78. The van der Waals surface area contributed by atoms with E-state index in [2.05, 4.69) is 10.6 Å². The molecule has 2 aliphatic rings. The van der Waals surface area contributed by atoms with Crippen molar-refractivity contribution in [1.82, 2.24) is 5.32 Å². The van der Waals surface area contributed by atoms with Crippen molar-refractivity contribution < 1.29 is 4.79 Å². The van der Waals surface area contributed by atoms with Gasteiger partial charge in [-0.3, -0.25) is 4.79 Å². The number of carbonyl (C=O) groups is 1. The molecule has 0 radical (unpaired) electrons. The van der Waals surface area contributed by atoms with Crippen LogP contribution < -0.4 is 15.5 Å². The van der Waals surface area contributed by atoms with E-state index in [1.807, 2.05) is 43.3 Å². The minimum atomic E-state index is 0.150. The Balaban J connectivity index is 1.55. The lowest BCUT2D eigenvalue weighted by atomic mass is 9.89. The summed E-state index contributed by atoms with van der Waals surface area (Å²) in [5.74, 6) is 0.693. The van der Waals surface area contributed by atoms with Crippen molar-refractivity contribution in [3.8, 4) is 0 Å². The van der Waals surface area contributed by atoms with Crippen LogP contribution in [0.1, 0.15) is 32.1 Å². The van der Waals surface area contributed by atoms with Crippen molar-refractivity contribution in [1.29, 1.82) is 0 Å². The molecule has 2 unspecified atom stereocenters. The third kappa shape index (κ3) is 3.56. The lowest BCUT2D eigenvalue weighted by molar-refractivity contribution is -0.117. The second-order valence-corrected chi connectivity index (χ2v) is 6.67. The first kappa shape index (κ1) is 14.4. The molecule has 1 aromatic carbocycles. The molecule has 0 spiro atoms. The summed E-state index contributed by atoms with van der Waals surface area (Å²) in [5.41, 5.74) is 2.00. The molecule has 3 rings (SSSR count). The molecule has 0 saturated carbocycles. The number of fused-ring (bicyclic) bond motifs is 2. The van der Waals surface area contributed by atoms with Gasteiger partial charge in [0.1, 0.15) is 0 Å². The standard InChI is InChI=1S/C17H25N3O/c1-20(2)16-5-3-4-13(11-16)19-17(21)10-12-8-14-6-7-15(9-12)18-14/h3-5,11-12,14-15,18H,6-10H2,1-2H3,(H,19,21). The number of rotatable bonds is 4. The van der Waals surface area contributed by atoms with Gasteiger partial charge in [0, 0.05) is 44.0 Å². The first-order valence-corrected chi connectivity index (χ1v) is 7.93. The highest BCUT2D eigenvalue weighted by Crippen LogP contribution is 2.32. The summed E-state index contributed by atoms with van der Waals surface area (Å²) in [4.78, 5) is 14.3. The summed E-state index contributed by atoms with van der Waals surface area (Å²) in [6.45, 7) is 0. The molecule has 0 aromatic heterocycles. The van der Waals surface area contributed by atoms with Crippen LogP contribution in [-0.2, 0) is 4.79 Å². The number of benzene rings is 1. The number of amides is 1. The lowest BCUT2D eigenvalue weighted by Gasteiger charge is -2.28. The van der Waals surface area contributed by atoms with Gasteiger partial charge >= 0.3 is 0 Å². The van der Waals surface area contributed by atoms with Gasteiger partial charge in [0.05, 0.1) is 0 Å². The zero-order chi connectivity index (χ0) is 14.8. The molecule has 0 aliphatic carbocycles. The predicted octanol–water partition coefficient (Wildman–Crippen LogP) is 2.61. The van der Waals surface area contributed by atoms with E-state index >= 15 is 0 Å². The molecule has 4 nitrogen and oxygen atoms in total. The highest BCUT2D eigenvalue weighted by molar-refractivity contribution is 5.91. The molecule has 2 saturated heterocycles. The van der Waals surface area contributed by atoms with Gasteiger partial charge in [0.25, 0.3) is 0 Å². The van der Waals surface area contributed by atoms with Crippen molar-refractivity contribution in [3.63, 3.8) is 0 Å². The fourth-order valence-corrected chi connectivity index (χ4v) is 3.68. The summed E-state index contributed by atoms with van der Waals surface area (Å²) in [6, 6.07) is 9.30. The molecule has 2 bridgehead atoms. The smallest absolute Gasteiger partial charge is 0.224 e. The molecular weight excluding hydrogens is 262 g/mol. The van der Waals surface area contributed by atoms with Crippen molar-refractivity contribution in [2.75, 3.05) is 24.3 Å². The normalized spacial score (nSPS) is 27.4.